The van der Waals surface area contributed by atoms with E-state index in [0.717, 1.165) is 71.7 Å². The highest BCUT2D eigenvalue weighted by molar-refractivity contribution is 6.14. The predicted octanol–water partition coefficient (Wildman–Crippen LogP) is 13.2. The van der Waals surface area contributed by atoms with Crippen molar-refractivity contribution < 1.29 is 0 Å². The summed E-state index contributed by atoms with van der Waals surface area (Å²) in [4.78, 5) is 19.8. The third-order valence-electron chi connectivity index (χ3n) is 12.3. The zero-order chi connectivity index (χ0) is 38.9. The maximum absolute atomic E-state index is 5.42. The molecular weight excluding hydrogens is 717 g/mol. The van der Waals surface area contributed by atoms with Crippen LogP contribution in [0.3, 0.4) is 0 Å². The van der Waals surface area contributed by atoms with Gasteiger partial charge in [-0.15, -0.1) is 0 Å². The van der Waals surface area contributed by atoms with E-state index in [1.165, 1.54) is 38.8 Å². The van der Waals surface area contributed by atoms with Crippen LogP contribution in [-0.4, -0.2) is 19.9 Å². The largest absolute Gasteiger partial charge is 0.256 e. The van der Waals surface area contributed by atoms with Gasteiger partial charge in [0.1, 0.15) is 0 Å². The van der Waals surface area contributed by atoms with Gasteiger partial charge in [0.15, 0.2) is 0 Å². The summed E-state index contributed by atoms with van der Waals surface area (Å²) in [6.07, 6.45) is 5.65. The Kier molecular flexibility index (Phi) is 7.41. The Balaban J connectivity index is 1.03. The Morgan fingerprint density at radius 2 is 1.14 bits per heavy atom. The molecule has 59 heavy (non-hydrogen) atoms. The van der Waals surface area contributed by atoms with Crippen LogP contribution >= 0.6 is 0 Å². The van der Waals surface area contributed by atoms with Gasteiger partial charge in [0.05, 0.1) is 33.4 Å². The first-order valence-electron chi connectivity index (χ1n) is 20.0. The van der Waals surface area contributed by atoms with E-state index in [0.29, 0.717) is 0 Å². The summed E-state index contributed by atoms with van der Waals surface area (Å²) in [6, 6.07) is 67.6. The van der Waals surface area contributed by atoms with Crippen molar-refractivity contribution in [2.24, 2.45) is 0 Å². The zero-order valence-corrected chi connectivity index (χ0v) is 31.9. The molecule has 11 aromatic rings. The first-order chi connectivity index (χ1) is 29.3. The normalized spacial score (nSPS) is 12.9. The van der Waals surface area contributed by atoms with Gasteiger partial charge in [-0.1, -0.05) is 146 Å². The smallest absolute Gasteiger partial charge is 0.0970 e. The van der Waals surface area contributed by atoms with Crippen molar-refractivity contribution in [2.75, 3.05) is 0 Å². The standard InChI is InChI=1S/C55H34N4/c1-3-16-39(17-4-1)55(40-18-5-2-6-19-40)48-22-9-7-20-42(48)46-32-47-45(33-49(46)55)43-21-8-10-23-51(43)59-52(47)37-14-11-13-36(31-37)50-27-25-38(34-58-50)41-28-30-57-54-44(41)26-24-35-15-12-29-56-53(35)54/h1-34H. The molecule has 4 nitrogen and oxygen atoms in total. The molecule has 0 bridgehead atoms. The van der Waals surface area contributed by atoms with Crippen LogP contribution in [0.15, 0.2) is 207 Å². The summed E-state index contributed by atoms with van der Waals surface area (Å²) in [5, 5.41) is 5.59. The van der Waals surface area contributed by atoms with Gasteiger partial charge in [0.25, 0.3) is 0 Å². The lowest BCUT2D eigenvalue weighted by molar-refractivity contribution is 0.769. The number of para-hydroxylation sites is 1. The van der Waals surface area contributed by atoms with E-state index in [9.17, 15) is 0 Å². The van der Waals surface area contributed by atoms with Crippen LogP contribution in [0.2, 0.25) is 0 Å². The fraction of sp³-hybridized carbons (Fsp3) is 0.0182. The highest BCUT2D eigenvalue weighted by atomic mass is 14.7. The van der Waals surface area contributed by atoms with Crippen molar-refractivity contribution in [1.29, 1.82) is 0 Å². The lowest BCUT2D eigenvalue weighted by Gasteiger charge is -2.34. The highest BCUT2D eigenvalue weighted by Crippen LogP contribution is 2.57. The van der Waals surface area contributed by atoms with Crippen LogP contribution in [-0.2, 0) is 5.41 Å². The fourth-order valence-electron chi connectivity index (χ4n) is 9.66. The number of pyridine rings is 4. The number of nitrogens with zero attached hydrogens (tertiary/aromatic N) is 4. The molecule has 0 unspecified atom stereocenters. The SMILES string of the molecule is c1ccc(C2(c3ccccc3)c3ccccc3-c3cc4c(-c5cccc(-c6ccc(-c7ccnc8c7ccc7cccnc78)cn6)c5)nc5ccccc5c4cc32)cc1. The van der Waals surface area contributed by atoms with Crippen molar-refractivity contribution in [1.82, 2.24) is 19.9 Å². The summed E-state index contributed by atoms with van der Waals surface area (Å²) in [5.74, 6) is 0. The number of benzene rings is 7. The van der Waals surface area contributed by atoms with Gasteiger partial charge in [-0.25, -0.2) is 4.98 Å². The Hall–Kier alpha value is -7.82. The quantitative estimate of drug-likeness (QED) is 0.164. The van der Waals surface area contributed by atoms with Crippen molar-refractivity contribution in [3.63, 3.8) is 0 Å². The number of rotatable bonds is 5. The minimum Gasteiger partial charge on any atom is -0.256 e. The molecule has 0 amide bonds. The van der Waals surface area contributed by atoms with E-state index < -0.39 is 5.41 Å². The van der Waals surface area contributed by atoms with E-state index >= 15 is 0 Å². The second-order valence-corrected chi connectivity index (χ2v) is 15.4. The minimum absolute atomic E-state index is 0.488. The highest BCUT2D eigenvalue weighted by Gasteiger charge is 2.46. The van der Waals surface area contributed by atoms with Gasteiger partial charge in [-0.2, -0.15) is 0 Å². The summed E-state index contributed by atoms with van der Waals surface area (Å²) >= 11 is 0. The predicted molar refractivity (Wildman–Crippen MR) is 241 cm³/mol. The maximum Gasteiger partial charge on any atom is 0.0970 e. The van der Waals surface area contributed by atoms with E-state index in [2.05, 4.69) is 187 Å². The average Bonchev–Trinajstić information content (AvgIpc) is 3.61. The first-order valence-corrected chi connectivity index (χ1v) is 20.0. The van der Waals surface area contributed by atoms with Crippen molar-refractivity contribution in [2.45, 2.75) is 5.41 Å². The molecule has 4 aromatic heterocycles. The second-order valence-electron chi connectivity index (χ2n) is 15.4. The van der Waals surface area contributed by atoms with Gasteiger partial charge in [-0.05, 0) is 86.8 Å². The summed E-state index contributed by atoms with van der Waals surface area (Å²) < 4.78 is 0. The monoisotopic (exact) mass is 750 g/mol. The van der Waals surface area contributed by atoms with E-state index in [4.69, 9.17) is 15.0 Å². The molecule has 7 aromatic carbocycles. The van der Waals surface area contributed by atoms with E-state index in [-0.39, 0.29) is 0 Å². The van der Waals surface area contributed by atoms with Gasteiger partial charge in [0.2, 0.25) is 0 Å². The molecule has 12 rings (SSSR count). The lowest BCUT2D eigenvalue weighted by atomic mass is 9.67. The Bertz CT molecular complexity index is 3390. The lowest BCUT2D eigenvalue weighted by Crippen LogP contribution is -2.28. The first kappa shape index (κ1) is 33.3. The van der Waals surface area contributed by atoms with Crippen LogP contribution in [0.4, 0.5) is 0 Å². The van der Waals surface area contributed by atoms with E-state index in [1.54, 1.807) is 0 Å². The van der Waals surface area contributed by atoms with Crippen molar-refractivity contribution in [3.05, 3.63) is 229 Å². The molecule has 0 radical (unpaired) electrons. The van der Waals surface area contributed by atoms with Crippen LogP contribution in [0, 0.1) is 0 Å². The Morgan fingerprint density at radius 1 is 0.373 bits per heavy atom. The molecule has 0 saturated heterocycles. The number of hydrogen-bond donors (Lipinski definition) is 0. The molecule has 0 N–H and O–H groups in total. The molecule has 0 fully saturated rings. The van der Waals surface area contributed by atoms with Gasteiger partial charge in [-0.3, -0.25) is 15.0 Å². The maximum atomic E-state index is 5.42. The van der Waals surface area contributed by atoms with Crippen LogP contribution in [0.25, 0.3) is 88.2 Å². The average molecular weight is 751 g/mol. The van der Waals surface area contributed by atoms with Gasteiger partial charge in [0, 0.05) is 56.8 Å². The Morgan fingerprint density at radius 3 is 1.97 bits per heavy atom. The fourth-order valence-corrected chi connectivity index (χ4v) is 9.66. The zero-order valence-electron chi connectivity index (χ0n) is 31.9. The van der Waals surface area contributed by atoms with Crippen molar-refractivity contribution >= 4 is 43.5 Å². The molecule has 274 valence electrons. The summed E-state index contributed by atoms with van der Waals surface area (Å²) in [7, 11) is 0. The second kappa shape index (κ2) is 13.1. The summed E-state index contributed by atoms with van der Waals surface area (Å²) in [6.45, 7) is 0. The summed E-state index contributed by atoms with van der Waals surface area (Å²) in [5.41, 5.74) is 15.9. The number of hydrogen-bond acceptors (Lipinski definition) is 4. The molecule has 0 atom stereocenters. The van der Waals surface area contributed by atoms with Crippen LogP contribution in [0.1, 0.15) is 22.3 Å². The molecule has 4 heterocycles. The third kappa shape index (κ3) is 5.03. The Labute approximate surface area is 341 Å². The third-order valence-corrected chi connectivity index (χ3v) is 12.3. The van der Waals surface area contributed by atoms with Gasteiger partial charge < -0.3 is 0 Å². The molecule has 1 aliphatic carbocycles. The molecule has 1 aliphatic rings. The number of aromatic nitrogens is 4. The number of fused-ring (bicyclic) bond motifs is 9. The van der Waals surface area contributed by atoms with Crippen LogP contribution < -0.4 is 0 Å². The van der Waals surface area contributed by atoms with E-state index in [1.807, 2.05) is 24.7 Å². The molecule has 0 spiro atoms. The van der Waals surface area contributed by atoms with Gasteiger partial charge >= 0.3 is 0 Å². The van der Waals surface area contributed by atoms with Crippen LogP contribution in [0.5, 0.6) is 0 Å². The minimum atomic E-state index is -0.488. The molecule has 0 saturated carbocycles. The molecule has 4 heteroatoms. The topological polar surface area (TPSA) is 51.6 Å². The van der Waals surface area contributed by atoms with Crippen molar-refractivity contribution in [3.8, 4) is 44.8 Å². The molecular formula is C55H34N4. The molecule has 0 aliphatic heterocycles.